The van der Waals surface area contributed by atoms with E-state index >= 15 is 0 Å². The fourth-order valence-electron chi connectivity index (χ4n) is 3.01. The Morgan fingerprint density at radius 1 is 1.47 bits per heavy atom. The fraction of sp³-hybridized carbons (Fsp3) is 0.786. The molecule has 1 aliphatic carbocycles. The SMILES string of the molecule is CCNC1CCC(O)(Cc2c(Br)c(C)nn2C)CC1. The highest BCUT2D eigenvalue weighted by Crippen LogP contribution is 2.33. The average molecular weight is 330 g/mol. The quantitative estimate of drug-likeness (QED) is 0.891. The van der Waals surface area contributed by atoms with Crippen LogP contribution in [-0.2, 0) is 13.5 Å². The third-order valence-electron chi connectivity index (χ3n) is 4.17. The molecule has 0 aliphatic heterocycles. The molecule has 1 aromatic rings. The second-order valence-electron chi connectivity index (χ2n) is 5.70. The molecule has 0 radical (unpaired) electrons. The molecule has 0 amide bonds. The van der Waals surface area contributed by atoms with Crippen molar-refractivity contribution in [3.8, 4) is 0 Å². The lowest BCUT2D eigenvalue weighted by atomic mass is 9.79. The largest absolute Gasteiger partial charge is 0.389 e. The van der Waals surface area contributed by atoms with E-state index < -0.39 is 5.60 Å². The molecule has 0 saturated heterocycles. The van der Waals surface area contributed by atoms with E-state index in [0.29, 0.717) is 12.5 Å². The number of hydrogen-bond donors (Lipinski definition) is 2. The number of hydrogen-bond acceptors (Lipinski definition) is 3. The van der Waals surface area contributed by atoms with Crippen molar-refractivity contribution >= 4 is 15.9 Å². The second-order valence-corrected chi connectivity index (χ2v) is 6.50. The van der Waals surface area contributed by atoms with Gasteiger partial charge in [-0.1, -0.05) is 6.92 Å². The Kier molecular flexibility index (Phi) is 4.69. The van der Waals surface area contributed by atoms with Crippen LogP contribution in [0.25, 0.3) is 0 Å². The summed E-state index contributed by atoms with van der Waals surface area (Å²) >= 11 is 3.58. The van der Waals surface area contributed by atoms with Crippen molar-refractivity contribution in [1.82, 2.24) is 15.1 Å². The van der Waals surface area contributed by atoms with Crippen molar-refractivity contribution in [3.63, 3.8) is 0 Å². The Labute approximate surface area is 123 Å². The minimum Gasteiger partial charge on any atom is -0.389 e. The summed E-state index contributed by atoms with van der Waals surface area (Å²) in [5, 5.41) is 18.7. The number of nitrogens with zero attached hydrogens (tertiary/aromatic N) is 2. The molecule has 4 nitrogen and oxygen atoms in total. The lowest BCUT2D eigenvalue weighted by molar-refractivity contribution is -0.00455. The van der Waals surface area contributed by atoms with Gasteiger partial charge in [-0.2, -0.15) is 5.10 Å². The van der Waals surface area contributed by atoms with Gasteiger partial charge in [0, 0.05) is 19.5 Å². The van der Waals surface area contributed by atoms with Crippen LogP contribution in [0.2, 0.25) is 0 Å². The molecule has 1 heterocycles. The van der Waals surface area contributed by atoms with E-state index in [1.54, 1.807) is 0 Å². The third-order valence-corrected chi connectivity index (χ3v) is 5.20. The molecule has 0 spiro atoms. The number of rotatable bonds is 4. The minimum absolute atomic E-state index is 0.571. The van der Waals surface area contributed by atoms with Crippen molar-refractivity contribution < 1.29 is 5.11 Å². The monoisotopic (exact) mass is 329 g/mol. The summed E-state index contributed by atoms with van der Waals surface area (Å²) in [6, 6.07) is 0.571. The van der Waals surface area contributed by atoms with Crippen LogP contribution in [0.5, 0.6) is 0 Å². The first-order valence-electron chi connectivity index (χ1n) is 7.09. The highest BCUT2D eigenvalue weighted by molar-refractivity contribution is 9.10. The van der Waals surface area contributed by atoms with Crippen LogP contribution in [-0.4, -0.2) is 33.1 Å². The van der Waals surface area contributed by atoms with Gasteiger partial charge in [0.25, 0.3) is 0 Å². The summed E-state index contributed by atoms with van der Waals surface area (Å²) in [6.07, 6.45) is 4.52. The van der Waals surface area contributed by atoms with Gasteiger partial charge in [0.2, 0.25) is 0 Å². The molecular weight excluding hydrogens is 306 g/mol. The van der Waals surface area contributed by atoms with E-state index in [0.717, 1.165) is 48.1 Å². The van der Waals surface area contributed by atoms with Crippen LogP contribution >= 0.6 is 15.9 Å². The number of aryl methyl sites for hydroxylation is 2. The number of aromatic nitrogens is 2. The maximum atomic E-state index is 10.8. The lowest BCUT2D eigenvalue weighted by Crippen LogP contribution is -2.42. The summed E-state index contributed by atoms with van der Waals surface area (Å²) in [4.78, 5) is 0. The van der Waals surface area contributed by atoms with Crippen LogP contribution in [0.4, 0.5) is 0 Å². The van der Waals surface area contributed by atoms with E-state index in [4.69, 9.17) is 0 Å². The van der Waals surface area contributed by atoms with Gasteiger partial charge in [0.05, 0.1) is 21.5 Å². The molecule has 2 N–H and O–H groups in total. The van der Waals surface area contributed by atoms with E-state index in [9.17, 15) is 5.11 Å². The van der Waals surface area contributed by atoms with Crippen molar-refractivity contribution in [2.24, 2.45) is 7.05 Å². The molecule has 1 aliphatic rings. The molecular formula is C14H24BrN3O. The molecule has 1 fully saturated rings. The third kappa shape index (κ3) is 3.38. The predicted molar refractivity (Wildman–Crippen MR) is 80.2 cm³/mol. The molecule has 1 saturated carbocycles. The zero-order valence-corrected chi connectivity index (χ0v) is 13.6. The summed E-state index contributed by atoms with van der Waals surface area (Å²) in [5.41, 5.74) is 1.51. The molecule has 1 aromatic heterocycles. The van der Waals surface area contributed by atoms with Crippen LogP contribution in [0.3, 0.4) is 0 Å². The molecule has 0 bridgehead atoms. The Hall–Kier alpha value is -0.390. The molecule has 0 atom stereocenters. The molecule has 0 unspecified atom stereocenters. The maximum Gasteiger partial charge on any atom is 0.0738 e. The van der Waals surface area contributed by atoms with Gasteiger partial charge in [-0.25, -0.2) is 0 Å². The van der Waals surface area contributed by atoms with Crippen LogP contribution in [0.15, 0.2) is 4.47 Å². The minimum atomic E-state index is -0.575. The summed E-state index contributed by atoms with van der Waals surface area (Å²) in [6.45, 7) is 5.13. The van der Waals surface area contributed by atoms with Gasteiger partial charge in [0.15, 0.2) is 0 Å². The van der Waals surface area contributed by atoms with E-state index in [-0.39, 0.29) is 0 Å². The second kappa shape index (κ2) is 5.94. The van der Waals surface area contributed by atoms with Crippen LogP contribution < -0.4 is 5.32 Å². The normalized spacial score (nSPS) is 27.7. The maximum absolute atomic E-state index is 10.8. The van der Waals surface area contributed by atoms with Gasteiger partial charge < -0.3 is 10.4 Å². The lowest BCUT2D eigenvalue weighted by Gasteiger charge is -2.36. The zero-order valence-electron chi connectivity index (χ0n) is 12.0. The topological polar surface area (TPSA) is 50.1 Å². The standard InChI is InChI=1S/C14H24BrN3O/c1-4-16-11-5-7-14(19,8-6-11)9-12-13(15)10(2)17-18(12)3/h11,16,19H,4-9H2,1-3H3. The Morgan fingerprint density at radius 3 is 2.58 bits per heavy atom. The number of halogens is 1. The fourth-order valence-corrected chi connectivity index (χ4v) is 3.48. The smallest absolute Gasteiger partial charge is 0.0738 e. The molecule has 19 heavy (non-hydrogen) atoms. The first kappa shape index (κ1) is 15.0. The van der Waals surface area contributed by atoms with Crippen molar-refractivity contribution in [2.45, 2.75) is 57.6 Å². The average Bonchev–Trinajstić information content (AvgIpc) is 2.60. The molecule has 2 rings (SSSR count). The van der Waals surface area contributed by atoms with Gasteiger partial charge >= 0.3 is 0 Å². The Morgan fingerprint density at radius 2 is 2.11 bits per heavy atom. The predicted octanol–water partition coefficient (Wildman–Crippen LogP) is 2.32. The van der Waals surface area contributed by atoms with E-state index in [2.05, 4.69) is 33.3 Å². The molecule has 0 aromatic carbocycles. The van der Waals surface area contributed by atoms with Crippen molar-refractivity contribution in [1.29, 1.82) is 0 Å². The molecule has 5 heteroatoms. The summed E-state index contributed by atoms with van der Waals surface area (Å²) in [5.74, 6) is 0. The van der Waals surface area contributed by atoms with E-state index in [1.807, 2.05) is 18.7 Å². The van der Waals surface area contributed by atoms with E-state index in [1.165, 1.54) is 0 Å². The first-order valence-corrected chi connectivity index (χ1v) is 7.88. The first-order chi connectivity index (χ1) is 8.95. The van der Waals surface area contributed by atoms with Gasteiger partial charge in [-0.3, -0.25) is 4.68 Å². The van der Waals surface area contributed by atoms with Crippen LogP contribution in [0.1, 0.15) is 44.0 Å². The van der Waals surface area contributed by atoms with Crippen LogP contribution in [0, 0.1) is 6.92 Å². The Bertz CT molecular complexity index is 436. The highest BCUT2D eigenvalue weighted by Gasteiger charge is 2.34. The Balaban J connectivity index is 2.03. The summed E-state index contributed by atoms with van der Waals surface area (Å²) < 4.78 is 2.92. The van der Waals surface area contributed by atoms with Gasteiger partial charge in [0.1, 0.15) is 0 Å². The highest BCUT2D eigenvalue weighted by atomic mass is 79.9. The van der Waals surface area contributed by atoms with Gasteiger partial charge in [-0.15, -0.1) is 0 Å². The summed E-state index contributed by atoms with van der Waals surface area (Å²) in [7, 11) is 1.95. The van der Waals surface area contributed by atoms with Gasteiger partial charge in [-0.05, 0) is 55.1 Å². The van der Waals surface area contributed by atoms with Crippen molar-refractivity contribution in [3.05, 3.63) is 15.9 Å². The number of aliphatic hydroxyl groups is 1. The van der Waals surface area contributed by atoms with Crippen molar-refractivity contribution in [2.75, 3.05) is 6.54 Å². The zero-order chi connectivity index (χ0) is 14.0. The number of nitrogens with one attached hydrogen (secondary N) is 1. The molecule has 108 valence electrons.